The standard InChI is InChI=1S/C28H34N4O2/c1-30(2)12-5-13-32-27-11-8-25(33)17-22(27)18-28(32)24-16-23(19-29-20-24)21-6-9-26(10-7-21)34-15-14-31(3)4/h6-11,16-20,33H,5,12-15H2,1-4H3. The van der Waals surface area contributed by atoms with Crippen molar-refractivity contribution in [3.63, 3.8) is 0 Å². The molecule has 0 amide bonds. The molecule has 0 atom stereocenters. The quantitative estimate of drug-likeness (QED) is 0.364. The highest BCUT2D eigenvalue weighted by atomic mass is 16.5. The summed E-state index contributed by atoms with van der Waals surface area (Å²) in [6.45, 7) is 3.45. The van der Waals surface area contributed by atoms with Gasteiger partial charge in [-0.2, -0.15) is 0 Å². The maximum absolute atomic E-state index is 10.0. The average molecular weight is 459 g/mol. The van der Waals surface area contributed by atoms with E-state index in [1.807, 2.05) is 50.8 Å². The van der Waals surface area contributed by atoms with Gasteiger partial charge in [-0.3, -0.25) is 4.98 Å². The lowest BCUT2D eigenvalue weighted by atomic mass is 10.0. The van der Waals surface area contributed by atoms with Crippen LogP contribution in [0.3, 0.4) is 0 Å². The van der Waals surface area contributed by atoms with Crippen molar-refractivity contribution in [3.8, 4) is 33.9 Å². The molecule has 6 heteroatoms. The largest absolute Gasteiger partial charge is 0.508 e. The summed E-state index contributed by atoms with van der Waals surface area (Å²) in [6.07, 6.45) is 4.85. The Balaban J connectivity index is 1.62. The number of likely N-dealkylation sites (N-methyl/N-ethyl adjacent to an activating group) is 1. The minimum Gasteiger partial charge on any atom is -0.508 e. The first-order valence-electron chi connectivity index (χ1n) is 11.7. The van der Waals surface area contributed by atoms with Gasteiger partial charge in [0.2, 0.25) is 0 Å². The number of ether oxygens (including phenoxy) is 1. The van der Waals surface area contributed by atoms with Gasteiger partial charge in [0.05, 0.1) is 5.69 Å². The number of pyridine rings is 1. The predicted octanol–water partition coefficient (Wildman–Crippen LogP) is 4.97. The molecule has 0 bridgehead atoms. The van der Waals surface area contributed by atoms with Crippen LogP contribution in [0.1, 0.15) is 6.42 Å². The van der Waals surface area contributed by atoms with Crippen molar-refractivity contribution in [1.82, 2.24) is 19.4 Å². The Hall–Kier alpha value is -3.35. The van der Waals surface area contributed by atoms with E-state index in [0.717, 1.165) is 65.1 Å². The summed E-state index contributed by atoms with van der Waals surface area (Å²) in [5, 5.41) is 11.0. The summed E-state index contributed by atoms with van der Waals surface area (Å²) in [5.74, 6) is 1.15. The molecule has 2 aromatic carbocycles. The third-order valence-electron chi connectivity index (χ3n) is 5.90. The fraction of sp³-hybridized carbons (Fsp3) is 0.321. The van der Waals surface area contributed by atoms with Crippen LogP contribution in [-0.4, -0.2) is 72.3 Å². The van der Waals surface area contributed by atoms with E-state index < -0.39 is 0 Å². The van der Waals surface area contributed by atoms with Crippen LogP contribution in [0.15, 0.2) is 67.0 Å². The Labute approximate surface area is 202 Å². The second-order valence-corrected chi connectivity index (χ2v) is 9.22. The lowest BCUT2D eigenvalue weighted by molar-refractivity contribution is 0.261. The summed E-state index contributed by atoms with van der Waals surface area (Å²) in [5.41, 5.74) is 5.45. The maximum atomic E-state index is 10.0. The zero-order chi connectivity index (χ0) is 24.1. The first-order chi connectivity index (χ1) is 16.4. The molecule has 6 nitrogen and oxygen atoms in total. The molecular weight excluding hydrogens is 424 g/mol. The summed E-state index contributed by atoms with van der Waals surface area (Å²) in [7, 11) is 8.27. The summed E-state index contributed by atoms with van der Waals surface area (Å²) >= 11 is 0. The van der Waals surface area contributed by atoms with E-state index in [2.05, 4.69) is 57.7 Å². The van der Waals surface area contributed by atoms with Gasteiger partial charge in [-0.05, 0) is 89.2 Å². The molecule has 0 spiro atoms. The van der Waals surface area contributed by atoms with Crippen LogP contribution in [0.25, 0.3) is 33.3 Å². The molecule has 0 aliphatic heterocycles. The fourth-order valence-corrected chi connectivity index (χ4v) is 4.11. The number of aryl methyl sites for hydroxylation is 1. The number of aromatic hydroxyl groups is 1. The minimum absolute atomic E-state index is 0.282. The number of aromatic nitrogens is 2. The van der Waals surface area contributed by atoms with Gasteiger partial charge in [0.25, 0.3) is 0 Å². The van der Waals surface area contributed by atoms with Crippen molar-refractivity contribution in [1.29, 1.82) is 0 Å². The van der Waals surface area contributed by atoms with E-state index in [1.54, 1.807) is 6.07 Å². The van der Waals surface area contributed by atoms with E-state index >= 15 is 0 Å². The molecule has 2 heterocycles. The molecule has 0 radical (unpaired) electrons. The molecule has 4 rings (SSSR count). The molecule has 0 aliphatic carbocycles. The topological polar surface area (TPSA) is 53.8 Å². The highest BCUT2D eigenvalue weighted by Crippen LogP contribution is 2.32. The Morgan fingerprint density at radius 1 is 0.824 bits per heavy atom. The first kappa shape index (κ1) is 23.8. The van der Waals surface area contributed by atoms with Gasteiger partial charge in [-0.15, -0.1) is 0 Å². The van der Waals surface area contributed by atoms with Crippen molar-refractivity contribution in [3.05, 3.63) is 67.0 Å². The molecule has 2 aromatic heterocycles. The average Bonchev–Trinajstić information content (AvgIpc) is 3.17. The molecule has 34 heavy (non-hydrogen) atoms. The maximum Gasteiger partial charge on any atom is 0.119 e. The smallest absolute Gasteiger partial charge is 0.119 e. The number of rotatable bonds is 10. The fourth-order valence-electron chi connectivity index (χ4n) is 4.11. The molecule has 0 unspecified atom stereocenters. The van der Waals surface area contributed by atoms with Crippen molar-refractivity contribution < 1.29 is 9.84 Å². The van der Waals surface area contributed by atoms with Gasteiger partial charge >= 0.3 is 0 Å². The van der Waals surface area contributed by atoms with Crippen LogP contribution in [0, 0.1) is 0 Å². The Morgan fingerprint density at radius 2 is 1.56 bits per heavy atom. The van der Waals surface area contributed by atoms with Crippen molar-refractivity contribution in [2.75, 3.05) is 47.9 Å². The zero-order valence-corrected chi connectivity index (χ0v) is 20.5. The summed E-state index contributed by atoms with van der Waals surface area (Å²) in [4.78, 5) is 8.86. The lowest BCUT2D eigenvalue weighted by Crippen LogP contribution is -2.19. The molecule has 0 aliphatic rings. The minimum atomic E-state index is 0.282. The highest BCUT2D eigenvalue weighted by Gasteiger charge is 2.13. The number of hydrogen-bond donors (Lipinski definition) is 1. The molecule has 4 aromatic rings. The third kappa shape index (κ3) is 5.76. The third-order valence-corrected chi connectivity index (χ3v) is 5.90. The first-order valence-corrected chi connectivity index (χ1v) is 11.7. The Morgan fingerprint density at radius 3 is 2.29 bits per heavy atom. The zero-order valence-electron chi connectivity index (χ0n) is 20.5. The Bertz CT molecular complexity index is 1230. The van der Waals surface area contributed by atoms with E-state index in [9.17, 15) is 5.11 Å². The van der Waals surface area contributed by atoms with Gasteiger partial charge in [0, 0.05) is 47.5 Å². The van der Waals surface area contributed by atoms with Gasteiger partial charge in [-0.25, -0.2) is 0 Å². The lowest BCUT2D eigenvalue weighted by Gasteiger charge is -2.14. The Kier molecular flexibility index (Phi) is 7.50. The van der Waals surface area contributed by atoms with Gasteiger partial charge in [0.1, 0.15) is 18.1 Å². The number of fused-ring (bicyclic) bond motifs is 1. The molecule has 0 saturated carbocycles. The van der Waals surface area contributed by atoms with E-state index in [4.69, 9.17) is 4.74 Å². The van der Waals surface area contributed by atoms with Crippen LogP contribution in [0.5, 0.6) is 11.5 Å². The number of phenols is 1. The van der Waals surface area contributed by atoms with Gasteiger partial charge in [0.15, 0.2) is 0 Å². The van der Waals surface area contributed by atoms with Crippen LogP contribution >= 0.6 is 0 Å². The highest BCUT2D eigenvalue weighted by molar-refractivity contribution is 5.88. The van der Waals surface area contributed by atoms with Crippen molar-refractivity contribution in [2.45, 2.75) is 13.0 Å². The summed E-state index contributed by atoms with van der Waals surface area (Å²) in [6, 6.07) is 18.1. The number of hydrogen-bond acceptors (Lipinski definition) is 5. The number of phenolic OH excluding ortho intramolecular Hbond substituents is 1. The van der Waals surface area contributed by atoms with Crippen LogP contribution in [-0.2, 0) is 6.54 Å². The monoisotopic (exact) mass is 458 g/mol. The number of nitrogens with zero attached hydrogens (tertiary/aromatic N) is 4. The van der Waals surface area contributed by atoms with Crippen LogP contribution < -0.4 is 4.74 Å². The van der Waals surface area contributed by atoms with Gasteiger partial charge in [-0.1, -0.05) is 12.1 Å². The van der Waals surface area contributed by atoms with E-state index in [-0.39, 0.29) is 5.75 Å². The van der Waals surface area contributed by atoms with E-state index in [1.165, 1.54) is 0 Å². The number of benzene rings is 2. The normalized spacial score (nSPS) is 11.6. The second kappa shape index (κ2) is 10.7. The van der Waals surface area contributed by atoms with E-state index in [0.29, 0.717) is 6.61 Å². The second-order valence-electron chi connectivity index (χ2n) is 9.22. The molecule has 0 saturated heterocycles. The SMILES string of the molecule is CN(C)CCCn1c(-c2cncc(-c3ccc(OCCN(C)C)cc3)c2)cc2cc(O)ccc21. The molecule has 1 N–H and O–H groups in total. The van der Waals surface area contributed by atoms with Crippen molar-refractivity contribution in [2.24, 2.45) is 0 Å². The molecule has 0 fully saturated rings. The predicted molar refractivity (Wildman–Crippen MR) is 139 cm³/mol. The van der Waals surface area contributed by atoms with Gasteiger partial charge < -0.3 is 24.2 Å². The summed E-state index contributed by atoms with van der Waals surface area (Å²) < 4.78 is 8.16. The van der Waals surface area contributed by atoms with Crippen molar-refractivity contribution >= 4 is 10.9 Å². The van der Waals surface area contributed by atoms with Crippen LogP contribution in [0.4, 0.5) is 0 Å². The molecular formula is C28H34N4O2. The van der Waals surface area contributed by atoms with Crippen LogP contribution in [0.2, 0.25) is 0 Å². The molecule has 178 valence electrons.